The summed E-state index contributed by atoms with van der Waals surface area (Å²) in [6.07, 6.45) is 4.66. The van der Waals surface area contributed by atoms with Crippen molar-refractivity contribution in [3.63, 3.8) is 0 Å². The first-order valence-electron chi connectivity index (χ1n) is 6.15. The molecule has 0 radical (unpaired) electrons. The quantitative estimate of drug-likeness (QED) is 0.429. The van der Waals surface area contributed by atoms with Gasteiger partial charge in [0.1, 0.15) is 0 Å². The highest BCUT2D eigenvalue weighted by atomic mass is 16.5. The van der Waals surface area contributed by atoms with E-state index in [0.29, 0.717) is 12.7 Å². The monoisotopic (exact) mass is 244 g/mol. The number of nitrogens with two attached hydrogens (primary N) is 1. The zero-order valence-electron chi connectivity index (χ0n) is 11.0. The number of carbonyl (C=O) groups excluding carboxylic acids is 1. The average Bonchev–Trinajstić information content (AvgIpc) is 2.35. The van der Waals surface area contributed by atoms with Crippen LogP contribution < -0.4 is 11.3 Å². The van der Waals surface area contributed by atoms with Gasteiger partial charge in [0.25, 0.3) is 0 Å². The van der Waals surface area contributed by atoms with Crippen LogP contribution in [0.25, 0.3) is 0 Å². The minimum Gasteiger partial charge on any atom is -0.381 e. The second-order valence-corrected chi connectivity index (χ2v) is 5.31. The van der Waals surface area contributed by atoms with Crippen molar-refractivity contribution in [2.24, 2.45) is 11.3 Å². The molecule has 2 atom stereocenters. The fourth-order valence-corrected chi connectivity index (χ4v) is 2.05. The number of rotatable bonds is 5. The summed E-state index contributed by atoms with van der Waals surface area (Å²) >= 11 is 0. The van der Waals surface area contributed by atoms with Gasteiger partial charge in [-0.15, -0.1) is 0 Å². The Morgan fingerprint density at radius 2 is 2.06 bits per heavy atom. The van der Waals surface area contributed by atoms with E-state index in [-0.39, 0.29) is 12.0 Å². The Balaban J connectivity index is 2.37. The molecule has 100 valence electrons. The van der Waals surface area contributed by atoms with Crippen molar-refractivity contribution < 1.29 is 14.3 Å². The van der Waals surface area contributed by atoms with Crippen molar-refractivity contribution in [1.82, 2.24) is 5.43 Å². The van der Waals surface area contributed by atoms with E-state index in [4.69, 9.17) is 15.3 Å². The lowest BCUT2D eigenvalue weighted by Crippen LogP contribution is -2.44. The molecule has 1 aliphatic rings. The number of hydrogen-bond donors (Lipinski definition) is 2. The van der Waals surface area contributed by atoms with Crippen molar-refractivity contribution in [2.45, 2.75) is 51.7 Å². The second kappa shape index (κ2) is 6.33. The van der Waals surface area contributed by atoms with Crippen LogP contribution >= 0.6 is 0 Å². The van der Waals surface area contributed by atoms with Crippen molar-refractivity contribution in [3.05, 3.63) is 0 Å². The van der Waals surface area contributed by atoms with Crippen LogP contribution in [0.3, 0.4) is 0 Å². The summed E-state index contributed by atoms with van der Waals surface area (Å²) in [5.74, 6) is 4.94. The van der Waals surface area contributed by atoms with Crippen LogP contribution in [0, 0.1) is 5.41 Å². The first kappa shape index (κ1) is 14.4. The fourth-order valence-electron chi connectivity index (χ4n) is 2.05. The SMILES string of the molecule is COC1CCCC(OCC(C)(C)C(=O)NN)C1. The van der Waals surface area contributed by atoms with Crippen molar-refractivity contribution in [3.8, 4) is 0 Å². The molecule has 5 nitrogen and oxygen atoms in total. The smallest absolute Gasteiger partial charge is 0.241 e. The normalized spacial score (nSPS) is 25.6. The molecule has 1 fully saturated rings. The molecule has 0 aromatic rings. The summed E-state index contributed by atoms with van der Waals surface area (Å²) in [6.45, 7) is 4.04. The lowest BCUT2D eigenvalue weighted by Gasteiger charge is -2.31. The molecule has 3 N–H and O–H groups in total. The Bertz CT molecular complexity index is 256. The molecule has 1 saturated carbocycles. The highest BCUT2D eigenvalue weighted by Crippen LogP contribution is 2.25. The van der Waals surface area contributed by atoms with E-state index in [9.17, 15) is 4.79 Å². The molecule has 1 amide bonds. The third-order valence-electron chi connectivity index (χ3n) is 3.34. The van der Waals surface area contributed by atoms with E-state index in [2.05, 4.69) is 5.43 Å². The summed E-state index contributed by atoms with van der Waals surface area (Å²) in [4.78, 5) is 11.5. The van der Waals surface area contributed by atoms with Gasteiger partial charge in [-0.1, -0.05) is 0 Å². The molecule has 0 heterocycles. The average molecular weight is 244 g/mol. The Morgan fingerprint density at radius 3 is 2.65 bits per heavy atom. The van der Waals surface area contributed by atoms with Gasteiger partial charge in [-0.3, -0.25) is 10.2 Å². The predicted octanol–water partition coefficient (Wildman–Crippen LogP) is 0.977. The molecule has 0 saturated heterocycles. The van der Waals surface area contributed by atoms with E-state index in [1.54, 1.807) is 7.11 Å². The number of ether oxygens (including phenoxy) is 2. The van der Waals surface area contributed by atoms with Gasteiger partial charge in [-0.05, 0) is 39.5 Å². The van der Waals surface area contributed by atoms with Crippen molar-refractivity contribution >= 4 is 5.91 Å². The maximum Gasteiger partial charge on any atom is 0.241 e. The minimum atomic E-state index is -0.589. The van der Waals surface area contributed by atoms with Crippen LogP contribution in [-0.4, -0.2) is 31.8 Å². The summed E-state index contributed by atoms with van der Waals surface area (Å²) in [5, 5.41) is 0. The molecular weight excluding hydrogens is 220 g/mol. The summed E-state index contributed by atoms with van der Waals surface area (Å²) in [7, 11) is 1.73. The lowest BCUT2D eigenvalue weighted by molar-refractivity contribution is -0.135. The first-order valence-corrected chi connectivity index (χ1v) is 6.15. The molecule has 17 heavy (non-hydrogen) atoms. The fraction of sp³-hybridized carbons (Fsp3) is 0.917. The van der Waals surface area contributed by atoms with Gasteiger partial charge in [0.2, 0.25) is 5.91 Å². The summed E-state index contributed by atoms with van der Waals surface area (Å²) in [5.41, 5.74) is 1.58. The van der Waals surface area contributed by atoms with E-state index in [1.807, 2.05) is 13.8 Å². The topological polar surface area (TPSA) is 73.6 Å². The maximum absolute atomic E-state index is 11.5. The maximum atomic E-state index is 11.5. The van der Waals surface area contributed by atoms with Crippen LogP contribution in [-0.2, 0) is 14.3 Å². The van der Waals surface area contributed by atoms with E-state index >= 15 is 0 Å². The van der Waals surface area contributed by atoms with Crippen LogP contribution in [0.4, 0.5) is 0 Å². The third kappa shape index (κ3) is 4.26. The van der Waals surface area contributed by atoms with Gasteiger partial charge < -0.3 is 9.47 Å². The largest absolute Gasteiger partial charge is 0.381 e. The lowest BCUT2D eigenvalue weighted by atomic mass is 9.92. The van der Waals surface area contributed by atoms with Gasteiger partial charge in [-0.25, -0.2) is 5.84 Å². The minimum absolute atomic E-state index is 0.193. The van der Waals surface area contributed by atoms with Crippen molar-refractivity contribution in [2.75, 3.05) is 13.7 Å². The number of amides is 1. The molecule has 5 heteroatoms. The second-order valence-electron chi connectivity index (χ2n) is 5.31. The van der Waals surface area contributed by atoms with Gasteiger partial charge in [-0.2, -0.15) is 0 Å². The Hall–Kier alpha value is -0.650. The molecule has 0 aromatic carbocycles. The van der Waals surface area contributed by atoms with Crippen LogP contribution in [0.2, 0.25) is 0 Å². The van der Waals surface area contributed by atoms with Gasteiger partial charge in [0.15, 0.2) is 0 Å². The van der Waals surface area contributed by atoms with E-state index in [1.165, 1.54) is 0 Å². The molecule has 1 rings (SSSR count). The zero-order valence-corrected chi connectivity index (χ0v) is 11.0. The predicted molar refractivity (Wildman–Crippen MR) is 65.1 cm³/mol. The number of carbonyl (C=O) groups is 1. The number of hydrazine groups is 1. The third-order valence-corrected chi connectivity index (χ3v) is 3.34. The molecule has 0 aromatic heterocycles. The first-order chi connectivity index (χ1) is 7.99. The Kier molecular flexibility index (Phi) is 5.36. The standard InChI is InChI=1S/C12H24N2O3/c1-12(2,11(15)14-13)8-17-10-6-4-5-9(7-10)16-3/h9-10H,4-8,13H2,1-3H3,(H,14,15). The van der Waals surface area contributed by atoms with E-state index < -0.39 is 5.41 Å². The Labute approximate surface area is 103 Å². The number of nitrogens with one attached hydrogen (secondary N) is 1. The van der Waals surface area contributed by atoms with Crippen molar-refractivity contribution in [1.29, 1.82) is 0 Å². The van der Waals surface area contributed by atoms with Crippen LogP contribution in [0.15, 0.2) is 0 Å². The van der Waals surface area contributed by atoms with E-state index in [0.717, 1.165) is 25.7 Å². The number of hydrogen-bond acceptors (Lipinski definition) is 4. The molecular formula is C12H24N2O3. The zero-order chi connectivity index (χ0) is 12.9. The summed E-state index contributed by atoms with van der Waals surface area (Å²) in [6, 6.07) is 0. The molecule has 0 spiro atoms. The van der Waals surface area contributed by atoms with Gasteiger partial charge in [0, 0.05) is 7.11 Å². The molecule has 2 unspecified atom stereocenters. The van der Waals surface area contributed by atoms with Crippen LogP contribution in [0.1, 0.15) is 39.5 Å². The molecule has 1 aliphatic carbocycles. The number of methoxy groups -OCH3 is 1. The molecule has 0 aliphatic heterocycles. The highest BCUT2D eigenvalue weighted by molar-refractivity contribution is 5.81. The van der Waals surface area contributed by atoms with Crippen LogP contribution in [0.5, 0.6) is 0 Å². The summed E-state index contributed by atoms with van der Waals surface area (Å²) < 4.78 is 11.1. The Morgan fingerprint density at radius 1 is 1.41 bits per heavy atom. The highest BCUT2D eigenvalue weighted by Gasteiger charge is 2.30. The van der Waals surface area contributed by atoms with Gasteiger partial charge in [0.05, 0.1) is 24.2 Å². The molecule has 0 bridgehead atoms. The van der Waals surface area contributed by atoms with Gasteiger partial charge >= 0.3 is 0 Å².